The maximum Gasteiger partial charge on any atom is 0.161 e. The molecule has 0 fully saturated rings. The molecule has 0 unspecified atom stereocenters. The maximum absolute atomic E-state index is 9.01. The summed E-state index contributed by atoms with van der Waals surface area (Å²) in [5.74, 6) is 1.36. The molecule has 0 radical (unpaired) electrons. The zero-order valence-electron chi connectivity index (χ0n) is 9.64. The number of thiazole rings is 1. The van der Waals surface area contributed by atoms with Gasteiger partial charge in [0.1, 0.15) is 5.01 Å². The summed E-state index contributed by atoms with van der Waals surface area (Å²) in [6.45, 7) is 0.0188. The lowest BCUT2D eigenvalue weighted by Gasteiger charge is -2.08. The molecule has 5 heteroatoms. The first kappa shape index (κ1) is 11.9. The second kappa shape index (κ2) is 5.16. The molecule has 1 heterocycles. The number of aromatic nitrogens is 1. The lowest BCUT2D eigenvalue weighted by atomic mass is 10.2. The zero-order valence-corrected chi connectivity index (χ0v) is 10.5. The fourth-order valence-electron chi connectivity index (χ4n) is 1.48. The fraction of sp³-hybridized carbons (Fsp3) is 0.250. The first-order chi connectivity index (χ1) is 8.28. The van der Waals surface area contributed by atoms with Crippen molar-refractivity contribution in [3.05, 3.63) is 29.3 Å². The van der Waals surface area contributed by atoms with E-state index in [0.717, 1.165) is 15.4 Å². The molecule has 17 heavy (non-hydrogen) atoms. The second-order valence-electron chi connectivity index (χ2n) is 3.36. The summed E-state index contributed by atoms with van der Waals surface area (Å²) < 4.78 is 10.4. The van der Waals surface area contributed by atoms with Crippen LogP contribution in [0.3, 0.4) is 0 Å². The molecule has 0 atom stereocenters. The summed E-state index contributed by atoms with van der Waals surface area (Å²) in [7, 11) is 3.20. The first-order valence-corrected chi connectivity index (χ1v) is 5.88. The maximum atomic E-state index is 9.01. The smallest absolute Gasteiger partial charge is 0.161 e. The van der Waals surface area contributed by atoms with Crippen molar-refractivity contribution >= 4 is 11.3 Å². The molecule has 1 aromatic heterocycles. The lowest BCUT2D eigenvalue weighted by molar-refractivity contribution is 0.285. The van der Waals surface area contributed by atoms with Crippen molar-refractivity contribution in [2.75, 3.05) is 14.2 Å². The van der Waals surface area contributed by atoms with Crippen LogP contribution in [0.15, 0.2) is 24.4 Å². The van der Waals surface area contributed by atoms with E-state index in [1.54, 1.807) is 20.4 Å². The van der Waals surface area contributed by atoms with E-state index in [-0.39, 0.29) is 6.61 Å². The predicted octanol–water partition coefficient (Wildman–Crippen LogP) is 2.32. The van der Waals surface area contributed by atoms with Gasteiger partial charge < -0.3 is 14.6 Å². The third-order valence-corrected chi connectivity index (χ3v) is 3.37. The predicted molar refractivity (Wildman–Crippen MR) is 66.6 cm³/mol. The zero-order chi connectivity index (χ0) is 12.3. The molecule has 2 rings (SSSR count). The molecule has 2 aromatic rings. The number of benzene rings is 1. The Morgan fingerprint density at radius 2 is 2.00 bits per heavy atom. The Labute approximate surface area is 103 Å². The molecule has 1 N–H and O–H groups in total. The minimum absolute atomic E-state index is 0.0188. The van der Waals surface area contributed by atoms with Gasteiger partial charge in [-0.15, -0.1) is 11.3 Å². The summed E-state index contributed by atoms with van der Waals surface area (Å²) in [6, 6.07) is 5.63. The SMILES string of the molecule is COc1ccc(-c2ncc(CO)s2)cc1OC. The number of hydrogen-bond acceptors (Lipinski definition) is 5. The van der Waals surface area contributed by atoms with E-state index in [2.05, 4.69) is 4.98 Å². The Balaban J connectivity index is 2.38. The molecule has 0 saturated heterocycles. The largest absolute Gasteiger partial charge is 0.493 e. The number of ether oxygens (including phenoxy) is 2. The Bertz CT molecular complexity index is 510. The van der Waals surface area contributed by atoms with Gasteiger partial charge >= 0.3 is 0 Å². The molecule has 0 aliphatic rings. The highest BCUT2D eigenvalue weighted by atomic mass is 32.1. The summed E-state index contributed by atoms with van der Waals surface area (Å²) in [5.41, 5.74) is 0.951. The van der Waals surface area contributed by atoms with Gasteiger partial charge in [0.2, 0.25) is 0 Å². The van der Waals surface area contributed by atoms with Gasteiger partial charge in [-0.1, -0.05) is 0 Å². The van der Waals surface area contributed by atoms with Gasteiger partial charge in [0.15, 0.2) is 11.5 Å². The van der Waals surface area contributed by atoms with Crippen LogP contribution in [0.4, 0.5) is 0 Å². The number of hydrogen-bond donors (Lipinski definition) is 1. The highest BCUT2D eigenvalue weighted by Gasteiger charge is 2.09. The number of methoxy groups -OCH3 is 2. The van der Waals surface area contributed by atoms with E-state index in [4.69, 9.17) is 14.6 Å². The van der Waals surface area contributed by atoms with Crippen LogP contribution in [-0.2, 0) is 6.61 Å². The average Bonchev–Trinajstić information content (AvgIpc) is 2.86. The van der Waals surface area contributed by atoms with Crippen LogP contribution >= 0.6 is 11.3 Å². The van der Waals surface area contributed by atoms with Gasteiger partial charge in [-0.2, -0.15) is 0 Å². The van der Waals surface area contributed by atoms with Crippen LogP contribution in [0.2, 0.25) is 0 Å². The van der Waals surface area contributed by atoms with E-state index in [9.17, 15) is 0 Å². The van der Waals surface area contributed by atoms with E-state index in [1.165, 1.54) is 11.3 Å². The summed E-state index contributed by atoms with van der Waals surface area (Å²) in [6.07, 6.45) is 1.68. The molecular formula is C12H13NO3S. The molecule has 90 valence electrons. The number of nitrogens with zero attached hydrogens (tertiary/aromatic N) is 1. The van der Waals surface area contributed by atoms with Crippen LogP contribution in [0, 0.1) is 0 Å². The summed E-state index contributed by atoms with van der Waals surface area (Å²) in [5, 5.41) is 9.86. The molecular weight excluding hydrogens is 238 g/mol. The Hall–Kier alpha value is -1.59. The third-order valence-electron chi connectivity index (χ3n) is 2.34. The third kappa shape index (κ3) is 2.40. The van der Waals surface area contributed by atoms with Crippen LogP contribution in [-0.4, -0.2) is 24.3 Å². The molecule has 0 saturated carbocycles. The number of aliphatic hydroxyl groups is 1. The number of aliphatic hydroxyl groups excluding tert-OH is 1. The molecule has 0 amide bonds. The lowest BCUT2D eigenvalue weighted by Crippen LogP contribution is -1.90. The minimum Gasteiger partial charge on any atom is -0.493 e. The average molecular weight is 251 g/mol. The molecule has 0 spiro atoms. The van der Waals surface area contributed by atoms with Crippen molar-refractivity contribution in [1.82, 2.24) is 4.98 Å². The highest BCUT2D eigenvalue weighted by Crippen LogP contribution is 2.33. The molecule has 1 aromatic carbocycles. The minimum atomic E-state index is 0.0188. The van der Waals surface area contributed by atoms with E-state index >= 15 is 0 Å². The monoisotopic (exact) mass is 251 g/mol. The van der Waals surface area contributed by atoms with Gasteiger partial charge in [-0.25, -0.2) is 4.98 Å². The normalized spacial score (nSPS) is 10.3. The molecule has 0 aliphatic heterocycles. The van der Waals surface area contributed by atoms with Crippen molar-refractivity contribution < 1.29 is 14.6 Å². The first-order valence-electron chi connectivity index (χ1n) is 5.06. The van der Waals surface area contributed by atoms with Crippen LogP contribution < -0.4 is 9.47 Å². The number of rotatable bonds is 4. The van der Waals surface area contributed by atoms with Crippen molar-refractivity contribution in [2.45, 2.75) is 6.61 Å². The summed E-state index contributed by atoms with van der Waals surface area (Å²) >= 11 is 1.46. The van der Waals surface area contributed by atoms with Gasteiger partial charge in [0.05, 0.1) is 25.7 Å². The van der Waals surface area contributed by atoms with E-state index in [1.807, 2.05) is 18.2 Å². The van der Waals surface area contributed by atoms with Crippen LogP contribution in [0.1, 0.15) is 4.88 Å². The highest BCUT2D eigenvalue weighted by molar-refractivity contribution is 7.15. The standard InChI is InChI=1S/C12H13NO3S/c1-15-10-4-3-8(5-11(10)16-2)12-13-6-9(7-14)17-12/h3-6,14H,7H2,1-2H3. The molecule has 0 aliphatic carbocycles. The topological polar surface area (TPSA) is 51.6 Å². The summed E-state index contributed by atoms with van der Waals surface area (Å²) in [4.78, 5) is 5.09. The Morgan fingerprint density at radius 3 is 2.59 bits per heavy atom. The van der Waals surface area contributed by atoms with Crippen molar-refractivity contribution in [2.24, 2.45) is 0 Å². The van der Waals surface area contributed by atoms with Gasteiger partial charge in [0.25, 0.3) is 0 Å². The quantitative estimate of drug-likeness (QED) is 0.906. The Kier molecular flexibility index (Phi) is 3.61. The van der Waals surface area contributed by atoms with Crippen molar-refractivity contribution in [3.8, 4) is 22.1 Å². The fourth-order valence-corrected chi connectivity index (χ4v) is 2.25. The molecule has 0 bridgehead atoms. The Morgan fingerprint density at radius 1 is 1.24 bits per heavy atom. The van der Waals surface area contributed by atoms with Crippen molar-refractivity contribution in [1.29, 1.82) is 0 Å². The molecule has 4 nitrogen and oxygen atoms in total. The van der Waals surface area contributed by atoms with Gasteiger partial charge in [-0.3, -0.25) is 0 Å². The van der Waals surface area contributed by atoms with Gasteiger partial charge in [-0.05, 0) is 18.2 Å². The van der Waals surface area contributed by atoms with E-state index < -0.39 is 0 Å². The van der Waals surface area contributed by atoms with E-state index in [0.29, 0.717) is 11.5 Å². The van der Waals surface area contributed by atoms with Crippen LogP contribution in [0.5, 0.6) is 11.5 Å². The second-order valence-corrected chi connectivity index (χ2v) is 4.47. The van der Waals surface area contributed by atoms with Crippen molar-refractivity contribution in [3.63, 3.8) is 0 Å². The van der Waals surface area contributed by atoms with Crippen LogP contribution in [0.25, 0.3) is 10.6 Å². The van der Waals surface area contributed by atoms with Gasteiger partial charge in [0, 0.05) is 11.8 Å².